The van der Waals surface area contributed by atoms with Gasteiger partial charge in [0.2, 0.25) is 5.91 Å². The first kappa shape index (κ1) is 14.3. The number of hydrogen-bond donors (Lipinski definition) is 0. The largest absolute Gasteiger partial charge is 0.381 e. The van der Waals surface area contributed by atoms with Crippen LogP contribution in [0, 0.1) is 11.8 Å². The van der Waals surface area contributed by atoms with E-state index in [1.807, 2.05) is 4.90 Å². The fourth-order valence-corrected chi connectivity index (χ4v) is 3.18. The van der Waals surface area contributed by atoms with Gasteiger partial charge in [0.1, 0.15) is 0 Å². The number of amides is 1. The molecule has 20 heavy (non-hydrogen) atoms. The number of carbonyl (C=O) groups is 1. The average molecular weight is 282 g/mol. The van der Waals surface area contributed by atoms with Gasteiger partial charge < -0.3 is 19.3 Å². The van der Waals surface area contributed by atoms with Crippen LogP contribution in [0.1, 0.15) is 19.3 Å². The number of ether oxygens (including phenoxy) is 2. The van der Waals surface area contributed by atoms with Crippen molar-refractivity contribution < 1.29 is 14.3 Å². The van der Waals surface area contributed by atoms with Crippen molar-refractivity contribution in [2.75, 3.05) is 53.0 Å². The SMILES string of the molecule is CN(CC1CC1)C[C@@H]1CN(C(=O)[C@H]2CCOC2)CCO1. The minimum atomic E-state index is 0.0814. The summed E-state index contributed by atoms with van der Waals surface area (Å²) in [6, 6.07) is 0. The van der Waals surface area contributed by atoms with Crippen LogP contribution in [0.4, 0.5) is 0 Å². The van der Waals surface area contributed by atoms with Gasteiger partial charge in [-0.15, -0.1) is 0 Å². The zero-order valence-electron chi connectivity index (χ0n) is 12.4. The Bertz CT molecular complexity index is 340. The molecular weight excluding hydrogens is 256 g/mol. The minimum absolute atomic E-state index is 0.0814. The highest BCUT2D eigenvalue weighted by Gasteiger charge is 2.32. The van der Waals surface area contributed by atoms with Crippen LogP contribution in [0.2, 0.25) is 0 Å². The molecule has 0 bridgehead atoms. The molecule has 0 aromatic carbocycles. The Morgan fingerprint density at radius 2 is 2.10 bits per heavy atom. The molecule has 3 fully saturated rings. The highest BCUT2D eigenvalue weighted by molar-refractivity contribution is 5.79. The Balaban J connectivity index is 1.46. The molecule has 5 heteroatoms. The molecule has 0 N–H and O–H groups in total. The first-order valence-corrected chi connectivity index (χ1v) is 7.89. The third kappa shape index (κ3) is 3.71. The molecule has 2 saturated heterocycles. The lowest BCUT2D eigenvalue weighted by molar-refractivity contribution is -0.143. The molecule has 0 aromatic heterocycles. The maximum atomic E-state index is 12.4. The van der Waals surface area contributed by atoms with Crippen molar-refractivity contribution in [3.8, 4) is 0 Å². The molecule has 1 amide bonds. The molecule has 0 spiro atoms. The molecular formula is C15H26N2O3. The molecule has 1 saturated carbocycles. The number of hydrogen-bond acceptors (Lipinski definition) is 4. The topological polar surface area (TPSA) is 42.0 Å². The van der Waals surface area contributed by atoms with Gasteiger partial charge in [0.15, 0.2) is 0 Å². The Kier molecular flexibility index (Phi) is 4.58. The van der Waals surface area contributed by atoms with E-state index in [2.05, 4.69) is 11.9 Å². The van der Waals surface area contributed by atoms with Crippen molar-refractivity contribution in [1.29, 1.82) is 0 Å². The number of likely N-dealkylation sites (N-methyl/N-ethyl adjacent to an activating group) is 1. The summed E-state index contributed by atoms with van der Waals surface area (Å²) in [5.74, 6) is 1.25. The Hall–Kier alpha value is -0.650. The second-order valence-corrected chi connectivity index (χ2v) is 6.50. The molecule has 1 aliphatic carbocycles. The van der Waals surface area contributed by atoms with Crippen molar-refractivity contribution in [2.45, 2.75) is 25.4 Å². The predicted octanol–water partition coefficient (Wildman–Crippen LogP) is 0.592. The monoisotopic (exact) mass is 282 g/mol. The van der Waals surface area contributed by atoms with Crippen LogP contribution in [-0.2, 0) is 14.3 Å². The van der Waals surface area contributed by atoms with Crippen LogP contribution >= 0.6 is 0 Å². The molecule has 114 valence electrons. The van der Waals surface area contributed by atoms with Crippen LogP contribution in [0.25, 0.3) is 0 Å². The number of carbonyl (C=O) groups excluding carboxylic acids is 1. The van der Waals surface area contributed by atoms with E-state index in [9.17, 15) is 4.79 Å². The van der Waals surface area contributed by atoms with E-state index in [0.717, 1.165) is 38.6 Å². The van der Waals surface area contributed by atoms with E-state index in [1.54, 1.807) is 0 Å². The maximum absolute atomic E-state index is 12.4. The van der Waals surface area contributed by atoms with Gasteiger partial charge in [0, 0.05) is 32.8 Å². The van der Waals surface area contributed by atoms with Crippen molar-refractivity contribution in [2.24, 2.45) is 11.8 Å². The smallest absolute Gasteiger partial charge is 0.228 e. The van der Waals surface area contributed by atoms with E-state index in [1.165, 1.54) is 19.4 Å². The summed E-state index contributed by atoms with van der Waals surface area (Å²) >= 11 is 0. The van der Waals surface area contributed by atoms with Crippen LogP contribution in [0.3, 0.4) is 0 Å². The van der Waals surface area contributed by atoms with Crippen LogP contribution in [0.5, 0.6) is 0 Å². The van der Waals surface area contributed by atoms with Gasteiger partial charge in [-0.3, -0.25) is 4.79 Å². The maximum Gasteiger partial charge on any atom is 0.228 e. The number of rotatable bonds is 5. The fraction of sp³-hybridized carbons (Fsp3) is 0.933. The Labute approximate surface area is 121 Å². The quantitative estimate of drug-likeness (QED) is 0.740. The molecule has 0 radical (unpaired) electrons. The summed E-state index contributed by atoms with van der Waals surface area (Å²) in [4.78, 5) is 16.7. The van der Waals surface area contributed by atoms with Crippen molar-refractivity contribution in [3.05, 3.63) is 0 Å². The van der Waals surface area contributed by atoms with Gasteiger partial charge in [-0.1, -0.05) is 0 Å². The Morgan fingerprint density at radius 3 is 2.80 bits per heavy atom. The molecule has 2 atom stereocenters. The third-order valence-corrected chi connectivity index (χ3v) is 4.51. The third-order valence-electron chi connectivity index (χ3n) is 4.51. The number of morpholine rings is 1. The first-order valence-electron chi connectivity index (χ1n) is 7.89. The van der Waals surface area contributed by atoms with E-state index >= 15 is 0 Å². The van der Waals surface area contributed by atoms with Crippen molar-refractivity contribution in [3.63, 3.8) is 0 Å². The highest BCUT2D eigenvalue weighted by atomic mass is 16.5. The Morgan fingerprint density at radius 1 is 1.25 bits per heavy atom. The van der Waals surface area contributed by atoms with E-state index in [-0.39, 0.29) is 17.9 Å². The lowest BCUT2D eigenvalue weighted by Crippen LogP contribution is -2.51. The van der Waals surface area contributed by atoms with Crippen LogP contribution in [-0.4, -0.2) is 74.9 Å². The van der Waals surface area contributed by atoms with Gasteiger partial charge >= 0.3 is 0 Å². The van der Waals surface area contributed by atoms with Gasteiger partial charge in [-0.2, -0.15) is 0 Å². The molecule has 3 aliphatic rings. The van der Waals surface area contributed by atoms with E-state index in [4.69, 9.17) is 9.47 Å². The molecule has 2 aliphatic heterocycles. The second kappa shape index (κ2) is 6.41. The van der Waals surface area contributed by atoms with E-state index < -0.39 is 0 Å². The molecule has 3 rings (SSSR count). The predicted molar refractivity (Wildman–Crippen MR) is 75.5 cm³/mol. The lowest BCUT2D eigenvalue weighted by Gasteiger charge is -2.36. The molecule has 5 nitrogen and oxygen atoms in total. The normalized spacial score (nSPS) is 31.0. The fourth-order valence-electron chi connectivity index (χ4n) is 3.18. The van der Waals surface area contributed by atoms with Gasteiger partial charge in [0.05, 0.1) is 25.2 Å². The summed E-state index contributed by atoms with van der Waals surface area (Å²) in [6.07, 6.45) is 3.80. The van der Waals surface area contributed by atoms with Crippen molar-refractivity contribution in [1.82, 2.24) is 9.80 Å². The highest BCUT2D eigenvalue weighted by Crippen LogP contribution is 2.29. The first-order chi connectivity index (χ1) is 9.72. The summed E-state index contributed by atoms with van der Waals surface area (Å²) in [5, 5.41) is 0. The van der Waals surface area contributed by atoms with Crippen LogP contribution < -0.4 is 0 Å². The standard InChI is InChI=1S/C15H26N2O3/c1-16(8-12-2-3-12)9-14-10-17(5-7-20-14)15(18)13-4-6-19-11-13/h12-14H,2-11H2,1H3/t13-,14+/m0/s1. The van der Waals surface area contributed by atoms with Crippen molar-refractivity contribution >= 4 is 5.91 Å². The van der Waals surface area contributed by atoms with Crippen LogP contribution in [0.15, 0.2) is 0 Å². The zero-order chi connectivity index (χ0) is 13.9. The van der Waals surface area contributed by atoms with E-state index in [0.29, 0.717) is 13.2 Å². The average Bonchev–Trinajstić information content (AvgIpc) is 3.08. The molecule has 2 heterocycles. The summed E-state index contributed by atoms with van der Waals surface area (Å²) in [6.45, 7) is 5.58. The summed E-state index contributed by atoms with van der Waals surface area (Å²) in [5.41, 5.74) is 0. The molecule has 0 aromatic rings. The van der Waals surface area contributed by atoms with Gasteiger partial charge in [-0.25, -0.2) is 0 Å². The second-order valence-electron chi connectivity index (χ2n) is 6.50. The summed E-state index contributed by atoms with van der Waals surface area (Å²) < 4.78 is 11.2. The zero-order valence-corrected chi connectivity index (χ0v) is 12.4. The number of nitrogens with zero attached hydrogens (tertiary/aromatic N) is 2. The minimum Gasteiger partial charge on any atom is -0.381 e. The van der Waals surface area contributed by atoms with Gasteiger partial charge in [-0.05, 0) is 32.2 Å². The summed E-state index contributed by atoms with van der Waals surface area (Å²) in [7, 11) is 2.16. The van der Waals surface area contributed by atoms with Gasteiger partial charge in [0.25, 0.3) is 0 Å². The lowest BCUT2D eigenvalue weighted by atomic mass is 10.1. The molecule has 0 unspecified atom stereocenters.